The fraction of sp³-hybridized carbons (Fsp3) is 0.286. The van der Waals surface area contributed by atoms with E-state index in [2.05, 4.69) is 4.98 Å². The Morgan fingerprint density at radius 1 is 1.58 bits per heavy atom. The van der Waals surface area contributed by atoms with Crippen molar-refractivity contribution in [3.05, 3.63) is 28.5 Å². The molecule has 1 atom stereocenters. The number of hydrogen-bond donors (Lipinski definition) is 1. The Morgan fingerprint density at radius 3 is 2.58 bits per heavy atom. The predicted molar refractivity (Wildman–Crippen MR) is 41.8 cm³/mol. The summed E-state index contributed by atoms with van der Waals surface area (Å²) in [6, 6.07) is -0.666. The molecule has 2 nitrogen and oxygen atoms in total. The van der Waals surface area contributed by atoms with Gasteiger partial charge in [0.25, 0.3) is 0 Å². The summed E-state index contributed by atoms with van der Waals surface area (Å²) in [6.45, 7) is 1.51. The Bertz CT molecular complexity index is 302. The third kappa shape index (κ3) is 1.54. The zero-order valence-electron chi connectivity index (χ0n) is 6.31. The minimum Gasteiger partial charge on any atom is -0.324 e. The highest BCUT2D eigenvalue weighted by molar-refractivity contribution is 6.31. The van der Waals surface area contributed by atoms with Gasteiger partial charge in [-0.2, -0.15) is 4.39 Å². The van der Waals surface area contributed by atoms with Gasteiger partial charge in [-0.25, -0.2) is 9.37 Å². The molecule has 0 aliphatic carbocycles. The average molecular weight is 193 g/mol. The quantitative estimate of drug-likeness (QED) is 0.692. The van der Waals surface area contributed by atoms with Crippen molar-refractivity contribution in [1.29, 1.82) is 0 Å². The molecule has 2 N–H and O–H groups in total. The van der Waals surface area contributed by atoms with Gasteiger partial charge in [-0.1, -0.05) is 11.6 Å². The number of pyridine rings is 1. The molecule has 1 aromatic rings. The normalized spacial score (nSPS) is 13.1. The van der Waals surface area contributed by atoms with E-state index in [-0.39, 0.29) is 10.6 Å². The molecule has 0 saturated heterocycles. The lowest BCUT2D eigenvalue weighted by atomic mass is 10.1. The monoisotopic (exact) mass is 192 g/mol. The zero-order chi connectivity index (χ0) is 9.30. The van der Waals surface area contributed by atoms with E-state index in [1.807, 2.05) is 0 Å². The minimum absolute atomic E-state index is 0.0864. The minimum atomic E-state index is -0.823. The van der Waals surface area contributed by atoms with Crippen molar-refractivity contribution in [3.63, 3.8) is 0 Å². The summed E-state index contributed by atoms with van der Waals surface area (Å²) in [5, 5.41) is -0.294. The van der Waals surface area contributed by atoms with Crippen LogP contribution in [0.3, 0.4) is 0 Å². The van der Waals surface area contributed by atoms with Gasteiger partial charge in [-0.3, -0.25) is 0 Å². The Kier molecular flexibility index (Phi) is 2.59. The van der Waals surface area contributed by atoms with E-state index in [1.165, 1.54) is 6.92 Å². The van der Waals surface area contributed by atoms with Gasteiger partial charge in [-0.15, -0.1) is 0 Å². The van der Waals surface area contributed by atoms with E-state index in [4.69, 9.17) is 17.3 Å². The molecule has 66 valence electrons. The molecule has 0 fully saturated rings. The van der Waals surface area contributed by atoms with Crippen molar-refractivity contribution in [2.24, 2.45) is 5.73 Å². The van der Waals surface area contributed by atoms with Crippen LogP contribution >= 0.6 is 11.6 Å². The summed E-state index contributed by atoms with van der Waals surface area (Å²) in [6.07, 6.45) is 0.726. The van der Waals surface area contributed by atoms with E-state index < -0.39 is 17.8 Å². The van der Waals surface area contributed by atoms with E-state index in [1.54, 1.807) is 0 Å². The number of hydrogen-bond acceptors (Lipinski definition) is 2. The molecule has 5 heteroatoms. The largest absolute Gasteiger partial charge is 0.324 e. The van der Waals surface area contributed by atoms with Gasteiger partial charge >= 0.3 is 0 Å². The van der Waals surface area contributed by atoms with E-state index in [0.29, 0.717) is 0 Å². The van der Waals surface area contributed by atoms with Gasteiger partial charge in [0.2, 0.25) is 5.95 Å². The molecule has 0 radical (unpaired) electrons. The maximum absolute atomic E-state index is 12.8. The van der Waals surface area contributed by atoms with Gasteiger partial charge in [0.15, 0.2) is 5.82 Å². The molecule has 0 aliphatic heterocycles. The summed E-state index contributed by atoms with van der Waals surface area (Å²) >= 11 is 5.46. The summed E-state index contributed by atoms with van der Waals surface area (Å²) in [5.74, 6) is -1.58. The Labute approximate surface area is 73.4 Å². The first-order chi connectivity index (χ1) is 5.54. The molecule has 0 aromatic carbocycles. The van der Waals surface area contributed by atoms with Crippen molar-refractivity contribution in [2.75, 3.05) is 0 Å². The molecule has 0 spiro atoms. The first-order valence-electron chi connectivity index (χ1n) is 3.29. The van der Waals surface area contributed by atoms with Gasteiger partial charge in [0.05, 0.1) is 11.2 Å². The van der Waals surface area contributed by atoms with Gasteiger partial charge in [-0.05, 0) is 6.92 Å². The fourth-order valence-electron chi connectivity index (χ4n) is 0.847. The number of nitrogens with two attached hydrogens (primary N) is 1. The van der Waals surface area contributed by atoms with Crippen LogP contribution in [0.1, 0.15) is 18.5 Å². The molecule has 1 heterocycles. The molecule has 1 unspecified atom stereocenters. The van der Waals surface area contributed by atoms with Crippen LogP contribution in [0.5, 0.6) is 0 Å². The lowest BCUT2D eigenvalue weighted by molar-refractivity contribution is 0.532. The molecule has 0 saturated carbocycles. The smallest absolute Gasteiger partial charge is 0.219 e. The molecular formula is C7H7ClF2N2. The Hall–Kier alpha value is -0.740. The molecule has 0 amide bonds. The van der Waals surface area contributed by atoms with Crippen LogP contribution in [0.2, 0.25) is 5.02 Å². The van der Waals surface area contributed by atoms with Crippen molar-refractivity contribution in [2.45, 2.75) is 13.0 Å². The van der Waals surface area contributed by atoms with Crippen LogP contribution in [0.15, 0.2) is 6.20 Å². The first-order valence-corrected chi connectivity index (χ1v) is 3.66. The van der Waals surface area contributed by atoms with E-state index in [9.17, 15) is 8.78 Å². The third-order valence-electron chi connectivity index (χ3n) is 1.41. The SMILES string of the molecule is CC(N)c1c(F)ncc(F)c1Cl. The molecule has 12 heavy (non-hydrogen) atoms. The van der Waals surface area contributed by atoms with Gasteiger partial charge < -0.3 is 5.73 Å². The number of nitrogens with zero attached hydrogens (tertiary/aromatic N) is 1. The second-order valence-corrected chi connectivity index (χ2v) is 2.79. The van der Waals surface area contributed by atoms with Crippen molar-refractivity contribution < 1.29 is 8.78 Å². The molecule has 1 aromatic heterocycles. The lowest BCUT2D eigenvalue weighted by Gasteiger charge is -2.08. The van der Waals surface area contributed by atoms with Gasteiger partial charge in [0.1, 0.15) is 0 Å². The summed E-state index contributed by atoms with van der Waals surface area (Å²) in [4.78, 5) is 3.15. The molecule has 1 rings (SSSR count). The molecule has 0 aliphatic rings. The average Bonchev–Trinajstić information content (AvgIpc) is 1.97. The van der Waals surface area contributed by atoms with E-state index in [0.717, 1.165) is 6.20 Å². The fourth-order valence-corrected chi connectivity index (χ4v) is 1.15. The van der Waals surface area contributed by atoms with Crippen molar-refractivity contribution in [3.8, 4) is 0 Å². The Balaban J connectivity index is 3.33. The number of rotatable bonds is 1. The van der Waals surface area contributed by atoms with Crippen LogP contribution in [-0.2, 0) is 0 Å². The van der Waals surface area contributed by atoms with Crippen molar-refractivity contribution >= 4 is 11.6 Å². The maximum Gasteiger partial charge on any atom is 0.219 e. The van der Waals surface area contributed by atoms with E-state index >= 15 is 0 Å². The van der Waals surface area contributed by atoms with Gasteiger partial charge in [0, 0.05) is 11.6 Å². The lowest BCUT2D eigenvalue weighted by Crippen LogP contribution is -2.10. The predicted octanol–water partition coefficient (Wildman–Crippen LogP) is 2.03. The topological polar surface area (TPSA) is 38.9 Å². The molecular weight excluding hydrogens is 186 g/mol. The van der Waals surface area contributed by atoms with Crippen LogP contribution in [-0.4, -0.2) is 4.98 Å². The summed E-state index contributed by atoms with van der Waals surface area (Å²) in [7, 11) is 0. The second kappa shape index (κ2) is 3.33. The van der Waals surface area contributed by atoms with Crippen LogP contribution < -0.4 is 5.73 Å². The van der Waals surface area contributed by atoms with Crippen LogP contribution in [0, 0.1) is 11.8 Å². The highest BCUT2D eigenvalue weighted by Gasteiger charge is 2.16. The zero-order valence-corrected chi connectivity index (χ0v) is 7.07. The Morgan fingerprint density at radius 2 is 2.17 bits per heavy atom. The summed E-state index contributed by atoms with van der Waals surface area (Å²) in [5.41, 5.74) is 5.27. The first kappa shape index (κ1) is 9.35. The number of halogens is 3. The van der Waals surface area contributed by atoms with Crippen molar-refractivity contribution in [1.82, 2.24) is 4.98 Å². The third-order valence-corrected chi connectivity index (χ3v) is 1.80. The second-order valence-electron chi connectivity index (χ2n) is 2.41. The highest BCUT2D eigenvalue weighted by atomic mass is 35.5. The number of aromatic nitrogens is 1. The van der Waals surface area contributed by atoms with Crippen LogP contribution in [0.4, 0.5) is 8.78 Å². The highest BCUT2D eigenvalue weighted by Crippen LogP contribution is 2.25. The summed E-state index contributed by atoms with van der Waals surface area (Å²) < 4.78 is 25.5. The maximum atomic E-state index is 12.8. The van der Waals surface area contributed by atoms with Crippen LogP contribution in [0.25, 0.3) is 0 Å². The molecule has 0 bridgehead atoms. The standard InChI is InChI=1S/C7H7ClF2N2/c1-3(11)5-6(8)4(9)2-12-7(5)10/h2-3H,11H2,1H3.